The Morgan fingerprint density at radius 1 is 1.15 bits per heavy atom. The Bertz CT molecular complexity index is 874. The predicted molar refractivity (Wildman–Crippen MR) is 100 cm³/mol. The van der Waals surface area contributed by atoms with Crippen molar-refractivity contribution in [3.8, 4) is 17.1 Å². The number of hydrogen-bond donors (Lipinski definition) is 0. The van der Waals surface area contributed by atoms with Crippen molar-refractivity contribution in [3.05, 3.63) is 65.9 Å². The number of nitrogens with zero attached hydrogens (tertiary/aromatic N) is 1. The number of methoxy groups -OCH3 is 1. The van der Waals surface area contributed by atoms with Gasteiger partial charge in [0.15, 0.2) is 5.76 Å². The van der Waals surface area contributed by atoms with E-state index in [4.69, 9.17) is 14.0 Å². The Balaban J connectivity index is 1.65. The summed E-state index contributed by atoms with van der Waals surface area (Å²) in [7, 11) is 1.62. The number of hydrogen-bond acceptors (Lipinski definition) is 6. The zero-order valence-electron chi connectivity index (χ0n) is 14.6. The molecule has 0 unspecified atom stereocenters. The van der Waals surface area contributed by atoms with Gasteiger partial charge in [0.1, 0.15) is 18.1 Å². The summed E-state index contributed by atoms with van der Waals surface area (Å²) in [5.41, 5.74) is 2.00. The molecule has 0 aliphatic heterocycles. The van der Waals surface area contributed by atoms with E-state index >= 15 is 0 Å². The molecule has 1 heterocycles. The van der Waals surface area contributed by atoms with E-state index in [0.717, 1.165) is 22.0 Å². The molecule has 0 bridgehead atoms. The smallest absolute Gasteiger partial charge is 0.339 e. The second-order valence-corrected chi connectivity index (χ2v) is 6.72. The van der Waals surface area contributed by atoms with Crippen molar-refractivity contribution in [2.45, 2.75) is 18.4 Å². The van der Waals surface area contributed by atoms with E-state index in [-0.39, 0.29) is 12.6 Å². The fourth-order valence-corrected chi connectivity index (χ4v) is 3.20. The third kappa shape index (κ3) is 4.26. The lowest BCUT2D eigenvalue weighted by atomic mass is 10.1. The number of ether oxygens (including phenoxy) is 2. The maximum Gasteiger partial charge on any atom is 0.339 e. The van der Waals surface area contributed by atoms with Gasteiger partial charge >= 0.3 is 5.97 Å². The maximum atomic E-state index is 12.4. The molecule has 0 saturated carbocycles. The van der Waals surface area contributed by atoms with Gasteiger partial charge in [-0.25, -0.2) is 4.79 Å². The van der Waals surface area contributed by atoms with Gasteiger partial charge < -0.3 is 14.0 Å². The molecular formula is C20H19NO4S. The Hall–Kier alpha value is -2.73. The first-order chi connectivity index (χ1) is 12.7. The second kappa shape index (κ2) is 8.58. The van der Waals surface area contributed by atoms with Crippen molar-refractivity contribution in [3.63, 3.8) is 0 Å². The molecule has 0 aliphatic carbocycles. The fraction of sp³-hybridized carbons (Fsp3) is 0.200. The monoisotopic (exact) mass is 369 g/mol. The number of carbonyl (C=O) groups excluding carboxylic acids is 1. The van der Waals surface area contributed by atoms with Gasteiger partial charge in [-0.05, 0) is 42.2 Å². The van der Waals surface area contributed by atoms with E-state index in [1.807, 2.05) is 49.4 Å². The molecule has 3 rings (SSSR count). The molecule has 0 saturated heterocycles. The van der Waals surface area contributed by atoms with Crippen LogP contribution in [0.15, 0.2) is 64.0 Å². The van der Waals surface area contributed by atoms with Crippen molar-refractivity contribution in [1.82, 2.24) is 5.16 Å². The van der Waals surface area contributed by atoms with Crippen LogP contribution in [0.2, 0.25) is 0 Å². The third-order valence-corrected chi connectivity index (χ3v) is 4.65. The molecule has 0 radical (unpaired) electrons. The number of aromatic nitrogens is 1. The highest BCUT2D eigenvalue weighted by Gasteiger charge is 2.14. The highest BCUT2D eigenvalue weighted by molar-refractivity contribution is 7.99. The lowest BCUT2D eigenvalue weighted by molar-refractivity contribution is 0.0460. The molecule has 0 fully saturated rings. The van der Waals surface area contributed by atoms with Crippen LogP contribution in [-0.4, -0.2) is 24.0 Å². The molecule has 3 aromatic rings. The van der Waals surface area contributed by atoms with Crippen LogP contribution in [0.5, 0.6) is 5.75 Å². The minimum absolute atomic E-state index is 0.0591. The topological polar surface area (TPSA) is 61.6 Å². The quantitative estimate of drug-likeness (QED) is 0.439. The largest absolute Gasteiger partial charge is 0.497 e. The number of esters is 1. The summed E-state index contributed by atoms with van der Waals surface area (Å²) in [5.74, 6) is 1.90. The van der Waals surface area contributed by atoms with Gasteiger partial charge in [0.25, 0.3) is 0 Å². The van der Waals surface area contributed by atoms with E-state index in [1.165, 1.54) is 0 Å². The molecule has 0 N–H and O–H groups in total. The standard InChI is InChI=1S/C20H19NO4S/c1-3-26-19-7-5-4-6-17(19)20(22)24-13-15-12-18(25-21-15)14-8-10-16(23-2)11-9-14/h4-12H,3,13H2,1-2H3. The number of thioether (sulfide) groups is 1. The van der Waals surface area contributed by atoms with Crippen molar-refractivity contribution in [2.24, 2.45) is 0 Å². The Labute approximate surface area is 156 Å². The molecule has 0 atom stereocenters. The van der Waals surface area contributed by atoms with Crippen LogP contribution >= 0.6 is 11.8 Å². The molecule has 2 aromatic carbocycles. The first-order valence-corrected chi connectivity index (χ1v) is 9.18. The van der Waals surface area contributed by atoms with Crippen molar-refractivity contribution in [1.29, 1.82) is 0 Å². The first-order valence-electron chi connectivity index (χ1n) is 8.20. The summed E-state index contributed by atoms with van der Waals surface area (Å²) in [6.07, 6.45) is 0. The summed E-state index contributed by atoms with van der Waals surface area (Å²) in [4.78, 5) is 13.3. The van der Waals surface area contributed by atoms with E-state index in [1.54, 1.807) is 31.0 Å². The van der Waals surface area contributed by atoms with Crippen molar-refractivity contribution < 1.29 is 18.8 Å². The molecule has 5 nitrogen and oxygen atoms in total. The zero-order chi connectivity index (χ0) is 18.4. The Morgan fingerprint density at radius 3 is 2.65 bits per heavy atom. The van der Waals surface area contributed by atoms with Gasteiger partial charge in [0.05, 0.1) is 12.7 Å². The van der Waals surface area contributed by atoms with E-state index < -0.39 is 0 Å². The van der Waals surface area contributed by atoms with E-state index in [2.05, 4.69) is 5.16 Å². The Kier molecular flexibility index (Phi) is 5.96. The average Bonchev–Trinajstić information content (AvgIpc) is 3.16. The minimum Gasteiger partial charge on any atom is -0.497 e. The first kappa shape index (κ1) is 18.1. The van der Waals surface area contributed by atoms with E-state index in [9.17, 15) is 4.79 Å². The van der Waals surface area contributed by atoms with Crippen LogP contribution in [0.1, 0.15) is 23.0 Å². The molecule has 0 aliphatic rings. The van der Waals surface area contributed by atoms with Gasteiger partial charge in [-0.15, -0.1) is 11.8 Å². The highest BCUT2D eigenvalue weighted by atomic mass is 32.2. The van der Waals surface area contributed by atoms with Crippen LogP contribution in [0.25, 0.3) is 11.3 Å². The number of benzene rings is 2. The van der Waals surface area contributed by atoms with Gasteiger partial charge in [-0.2, -0.15) is 0 Å². The van der Waals surface area contributed by atoms with Gasteiger partial charge in [-0.1, -0.05) is 24.2 Å². The van der Waals surface area contributed by atoms with Gasteiger partial charge in [0, 0.05) is 16.5 Å². The van der Waals surface area contributed by atoms with Crippen LogP contribution in [0, 0.1) is 0 Å². The van der Waals surface area contributed by atoms with Crippen LogP contribution in [0.3, 0.4) is 0 Å². The normalized spacial score (nSPS) is 10.5. The van der Waals surface area contributed by atoms with Crippen molar-refractivity contribution in [2.75, 3.05) is 12.9 Å². The average molecular weight is 369 g/mol. The Morgan fingerprint density at radius 2 is 1.92 bits per heavy atom. The summed E-state index contributed by atoms with van der Waals surface area (Å²) in [6, 6.07) is 16.7. The highest BCUT2D eigenvalue weighted by Crippen LogP contribution is 2.25. The maximum absolute atomic E-state index is 12.4. The molecule has 26 heavy (non-hydrogen) atoms. The molecular weight excluding hydrogens is 350 g/mol. The molecule has 134 valence electrons. The van der Waals surface area contributed by atoms with Crippen LogP contribution in [-0.2, 0) is 11.3 Å². The third-order valence-electron chi connectivity index (χ3n) is 3.69. The SMILES string of the molecule is CCSc1ccccc1C(=O)OCc1cc(-c2ccc(OC)cc2)on1. The minimum atomic E-state index is -0.365. The number of rotatable bonds is 7. The summed E-state index contributed by atoms with van der Waals surface area (Å²) < 4.78 is 15.9. The number of carbonyl (C=O) groups is 1. The van der Waals surface area contributed by atoms with Crippen LogP contribution in [0.4, 0.5) is 0 Å². The van der Waals surface area contributed by atoms with E-state index in [0.29, 0.717) is 17.0 Å². The van der Waals surface area contributed by atoms with Crippen molar-refractivity contribution >= 4 is 17.7 Å². The van der Waals surface area contributed by atoms with Gasteiger partial charge in [-0.3, -0.25) is 0 Å². The second-order valence-electron chi connectivity index (χ2n) is 5.42. The zero-order valence-corrected chi connectivity index (χ0v) is 15.4. The fourth-order valence-electron chi connectivity index (χ4n) is 2.41. The predicted octanol–water partition coefficient (Wildman–Crippen LogP) is 4.82. The summed E-state index contributed by atoms with van der Waals surface area (Å²) >= 11 is 1.61. The molecule has 0 amide bonds. The summed E-state index contributed by atoms with van der Waals surface area (Å²) in [6.45, 7) is 2.10. The molecule has 0 spiro atoms. The lowest BCUT2D eigenvalue weighted by Crippen LogP contribution is -2.06. The summed E-state index contributed by atoms with van der Waals surface area (Å²) in [5, 5.41) is 3.97. The lowest BCUT2D eigenvalue weighted by Gasteiger charge is -2.07. The molecule has 6 heteroatoms. The molecule has 1 aromatic heterocycles. The van der Waals surface area contributed by atoms with Crippen LogP contribution < -0.4 is 4.74 Å². The van der Waals surface area contributed by atoms with Gasteiger partial charge in [0.2, 0.25) is 0 Å².